The van der Waals surface area contributed by atoms with E-state index < -0.39 is 0 Å². The smallest absolute Gasteiger partial charge is 0.0159 e. The normalized spacial score (nSPS) is 24.6. The van der Waals surface area contributed by atoms with Crippen molar-refractivity contribution in [2.45, 2.75) is 77.6 Å². The van der Waals surface area contributed by atoms with Crippen LogP contribution >= 0.6 is 0 Å². The molecule has 1 aromatic rings. The summed E-state index contributed by atoms with van der Waals surface area (Å²) in [7, 11) is 0. The van der Waals surface area contributed by atoms with E-state index in [2.05, 4.69) is 45.0 Å². The summed E-state index contributed by atoms with van der Waals surface area (Å²) in [4.78, 5) is 0. The summed E-state index contributed by atoms with van der Waals surface area (Å²) in [5.74, 6) is 2.49. The lowest BCUT2D eigenvalue weighted by molar-refractivity contribution is 0.593. The van der Waals surface area contributed by atoms with Crippen LogP contribution in [0.1, 0.15) is 88.7 Å². The zero-order chi connectivity index (χ0) is 13.7. The summed E-state index contributed by atoms with van der Waals surface area (Å²) >= 11 is 0. The van der Waals surface area contributed by atoms with Gasteiger partial charge in [-0.05, 0) is 48.1 Å². The second-order valence-electron chi connectivity index (χ2n) is 6.68. The topological polar surface area (TPSA) is 0 Å². The Hall–Kier alpha value is -0.780. The summed E-state index contributed by atoms with van der Waals surface area (Å²) in [6.07, 6.45) is 9.62. The highest BCUT2D eigenvalue weighted by atomic mass is 14.3. The Balaban J connectivity index is 1.90. The first kappa shape index (κ1) is 14.6. The van der Waals surface area contributed by atoms with Crippen LogP contribution in [-0.2, 0) is 0 Å². The van der Waals surface area contributed by atoms with Crippen molar-refractivity contribution in [3.8, 4) is 0 Å². The Kier molecular flexibility index (Phi) is 5.48. The minimum absolute atomic E-state index is 0.725. The van der Waals surface area contributed by atoms with Crippen LogP contribution in [0.5, 0.6) is 0 Å². The van der Waals surface area contributed by atoms with Crippen molar-refractivity contribution in [2.75, 3.05) is 0 Å². The average molecular weight is 258 g/mol. The van der Waals surface area contributed by atoms with Crippen LogP contribution < -0.4 is 0 Å². The van der Waals surface area contributed by atoms with Crippen LogP contribution in [0.15, 0.2) is 24.3 Å². The van der Waals surface area contributed by atoms with E-state index in [1.165, 1.54) is 50.5 Å². The molecule has 19 heavy (non-hydrogen) atoms. The number of hydrogen-bond acceptors (Lipinski definition) is 0. The van der Waals surface area contributed by atoms with Gasteiger partial charge in [0.15, 0.2) is 0 Å². The molecule has 0 spiro atoms. The molecular formula is C19H30. The van der Waals surface area contributed by atoms with Gasteiger partial charge in [0.2, 0.25) is 0 Å². The lowest BCUT2D eigenvalue weighted by Gasteiger charge is -2.14. The van der Waals surface area contributed by atoms with E-state index in [-0.39, 0.29) is 0 Å². The fourth-order valence-electron chi connectivity index (χ4n) is 3.47. The molecule has 0 heterocycles. The molecule has 0 radical (unpaired) electrons. The maximum Gasteiger partial charge on any atom is -0.0159 e. The quantitative estimate of drug-likeness (QED) is 0.527. The third-order valence-electron chi connectivity index (χ3n) is 4.91. The van der Waals surface area contributed by atoms with Gasteiger partial charge in [-0.25, -0.2) is 0 Å². The molecule has 0 N–H and O–H groups in total. The Bertz CT molecular complexity index is 362. The molecule has 0 heteroatoms. The zero-order valence-electron chi connectivity index (χ0n) is 13.0. The molecule has 1 aromatic carbocycles. The van der Waals surface area contributed by atoms with E-state index in [1.54, 1.807) is 5.56 Å². The first-order valence-corrected chi connectivity index (χ1v) is 8.30. The second-order valence-corrected chi connectivity index (χ2v) is 6.68. The van der Waals surface area contributed by atoms with Gasteiger partial charge in [0.05, 0.1) is 0 Å². The van der Waals surface area contributed by atoms with E-state index in [0.717, 1.165) is 17.8 Å². The van der Waals surface area contributed by atoms with Gasteiger partial charge in [-0.15, -0.1) is 0 Å². The fourth-order valence-corrected chi connectivity index (χ4v) is 3.47. The highest BCUT2D eigenvalue weighted by molar-refractivity contribution is 5.28. The standard InChI is InChI=1S/C19H30/c1-4-5-6-7-16(3)17-10-12-18(13-11-17)19-9-8-15(2)14-19/h10-13,15-16,19H,4-9,14H2,1-3H3. The summed E-state index contributed by atoms with van der Waals surface area (Å²) in [6.45, 7) is 7.05. The molecule has 1 saturated carbocycles. The fraction of sp³-hybridized carbons (Fsp3) is 0.684. The van der Waals surface area contributed by atoms with Gasteiger partial charge < -0.3 is 0 Å². The molecule has 0 nitrogen and oxygen atoms in total. The molecule has 106 valence electrons. The lowest BCUT2D eigenvalue weighted by atomic mass is 9.91. The molecule has 1 aliphatic rings. The Morgan fingerprint density at radius 2 is 1.84 bits per heavy atom. The Labute approximate surface area is 119 Å². The summed E-state index contributed by atoms with van der Waals surface area (Å²) in [6, 6.07) is 9.56. The Morgan fingerprint density at radius 1 is 1.11 bits per heavy atom. The molecule has 1 aliphatic carbocycles. The third kappa shape index (κ3) is 4.09. The maximum absolute atomic E-state index is 2.40. The predicted molar refractivity (Wildman–Crippen MR) is 84.8 cm³/mol. The van der Waals surface area contributed by atoms with Crippen molar-refractivity contribution in [1.82, 2.24) is 0 Å². The predicted octanol–water partition coefficient (Wildman–Crippen LogP) is 6.27. The van der Waals surface area contributed by atoms with Crippen LogP contribution in [0.4, 0.5) is 0 Å². The summed E-state index contributed by atoms with van der Waals surface area (Å²) in [5.41, 5.74) is 3.11. The van der Waals surface area contributed by atoms with Gasteiger partial charge in [0.25, 0.3) is 0 Å². The van der Waals surface area contributed by atoms with Crippen LogP contribution in [0.3, 0.4) is 0 Å². The maximum atomic E-state index is 2.40. The first-order chi connectivity index (χ1) is 9.20. The Morgan fingerprint density at radius 3 is 2.42 bits per heavy atom. The molecule has 2 rings (SSSR count). The lowest BCUT2D eigenvalue weighted by Crippen LogP contribution is -1.97. The van der Waals surface area contributed by atoms with Crippen LogP contribution in [0.25, 0.3) is 0 Å². The largest absolute Gasteiger partial charge is 0.0654 e. The van der Waals surface area contributed by atoms with Crippen molar-refractivity contribution in [3.63, 3.8) is 0 Å². The second kappa shape index (κ2) is 7.12. The van der Waals surface area contributed by atoms with Crippen LogP contribution in [0, 0.1) is 5.92 Å². The molecule has 0 aromatic heterocycles. The minimum Gasteiger partial charge on any atom is -0.0654 e. The van der Waals surface area contributed by atoms with Crippen molar-refractivity contribution >= 4 is 0 Å². The van der Waals surface area contributed by atoms with E-state index in [0.29, 0.717) is 0 Å². The van der Waals surface area contributed by atoms with Crippen molar-refractivity contribution in [2.24, 2.45) is 5.92 Å². The van der Waals surface area contributed by atoms with Gasteiger partial charge in [-0.1, -0.05) is 70.7 Å². The van der Waals surface area contributed by atoms with Crippen LogP contribution in [0.2, 0.25) is 0 Å². The molecule has 0 aliphatic heterocycles. The summed E-state index contributed by atoms with van der Waals surface area (Å²) < 4.78 is 0. The number of unbranched alkanes of at least 4 members (excludes halogenated alkanes) is 2. The number of hydrogen-bond donors (Lipinski definition) is 0. The first-order valence-electron chi connectivity index (χ1n) is 8.30. The molecule has 0 saturated heterocycles. The van der Waals surface area contributed by atoms with Gasteiger partial charge in [0.1, 0.15) is 0 Å². The molecule has 0 bridgehead atoms. The van der Waals surface area contributed by atoms with Crippen molar-refractivity contribution in [3.05, 3.63) is 35.4 Å². The molecule has 3 atom stereocenters. The van der Waals surface area contributed by atoms with Crippen molar-refractivity contribution in [1.29, 1.82) is 0 Å². The van der Waals surface area contributed by atoms with E-state index in [9.17, 15) is 0 Å². The molecular weight excluding hydrogens is 228 g/mol. The highest BCUT2D eigenvalue weighted by Gasteiger charge is 2.22. The number of rotatable bonds is 6. The minimum atomic E-state index is 0.725. The van der Waals surface area contributed by atoms with E-state index >= 15 is 0 Å². The van der Waals surface area contributed by atoms with Gasteiger partial charge >= 0.3 is 0 Å². The van der Waals surface area contributed by atoms with E-state index in [1.807, 2.05) is 0 Å². The van der Waals surface area contributed by atoms with Crippen LogP contribution in [-0.4, -0.2) is 0 Å². The highest BCUT2D eigenvalue weighted by Crippen LogP contribution is 2.38. The number of benzene rings is 1. The van der Waals surface area contributed by atoms with Gasteiger partial charge in [0, 0.05) is 0 Å². The summed E-state index contributed by atoms with van der Waals surface area (Å²) in [5, 5.41) is 0. The molecule has 1 fully saturated rings. The zero-order valence-corrected chi connectivity index (χ0v) is 13.0. The monoisotopic (exact) mass is 258 g/mol. The van der Waals surface area contributed by atoms with E-state index in [4.69, 9.17) is 0 Å². The van der Waals surface area contributed by atoms with Gasteiger partial charge in [-0.3, -0.25) is 0 Å². The van der Waals surface area contributed by atoms with Gasteiger partial charge in [-0.2, -0.15) is 0 Å². The molecule has 0 amide bonds. The van der Waals surface area contributed by atoms with Crippen molar-refractivity contribution < 1.29 is 0 Å². The molecule has 3 unspecified atom stereocenters. The average Bonchev–Trinajstić information content (AvgIpc) is 2.86. The third-order valence-corrected chi connectivity index (χ3v) is 4.91. The SMILES string of the molecule is CCCCCC(C)c1ccc(C2CCC(C)C2)cc1.